The van der Waals surface area contributed by atoms with Gasteiger partial charge in [-0.05, 0) is 13.0 Å². The molecule has 14 heavy (non-hydrogen) atoms. The molecule has 0 aromatic carbocycles. The van der Waals surface area contributed by atoms with Crippen molar-refractivity contribution in [1.82, 2.24) is 0 Å². The highest BCUT2D eigenvalue weighted by molar-refractivity contribution is 5.58. The van der Waals surface area contributed by atoms with Crippen molar-refractivity contribution in [3.05, 3.63) is 46.5 Å². The Balaban J connectivity index is 0.000000791. The number of rotatable bonds is 2. The average Bonchev–Trinajstić information content (AvgIpc) is 2.19. The molecule has 0 unspecified atom stereocenters. The SMILES string of the molecule is C=Cc1oc(C)cc(=O)c1C=C.CC. The molecule has 1 rings (SSSR count). The van der Waals surface area contributed by atoms with Crippen molar-refractivity contribution in [3.8, 4) is 0 Å². The van der Waals surface area contributed by atoms with Gasteiger partial charge >= 0.3 is 0 Å². The van der Waals surface area contributed by atoms with E-state index in [-0.39, 0.29) is 5.43 Å². The average molecular weight is 192 g/mol. The van der Waals surface area contributed by atoms with Gasteiger partial charge < -0.3 is 4.42 Å². The highest BCUT2D eigenvalue weighted by Crippen LogP contribution is 2.09. The van der Waals surface area contributed by atoms with Gasteiger partial charge in [-0.3, -0.25) is 4.79 Å². The third kappa shape index (κ3) is 2.73. The minimum atomic E-state index is -0.0800. The second kappa shape index (κ2) is 5.97. The minimum absolute atomic E-state index is 0.0800. The van der Waals surface area contributed by atoms with Crippen LogP contribution in [0, 0.1) is 6.92 Å². The zero-order valence-electron chi connectivity index (χ0n) is 8.96. The third-order valence-corrected chi connectivity index (χ3v) is 1.53. The van der Waals surface area contributed by atoms with Gasteiger partial charge in [0.25, 0.3) is 0 Å². The van der Waals surface area contributed by atoms with Crippen LogP contribution < -0.4 is 5.43 Å². The van der Waals surface area contributed by atoms with Gasteiger partial charge in [0.15, 0.2) is 5.43 Å². The highest BCUT2D eigenvalue weighted by atomic mass is 16.3. The van der Waals surface area contributed by atoms with E-state index in [2.05, 4.69) is 13.2 Å². The molecule has 1 heterocycles. The predicted octanol–water partition coefficient (Wildman–Crippen LogP) is 3.26. The Hall–Kier alpha value is -1.57. The van der Waals surface area contributed by atoms with Crippen molar-refractivity contribution in [2.75, 3.05) is 0 Å². The first-order chi connectivity index (χ1) is 6.69. The van der Waals surface area contributed by atoms with Crippen LogP contribution in [0.1, 0.15) is 30.9 Å². The maximum absolute atomic E-state index is 11.3. The van der Waals surface area contributed by atoms with E-state index in [9.17, 15) is 4.79 Å². The Morgan fingerprint density at radius 3 is 2.29 bits per heavy atom. The van der Waals surface area contributed by atoms with E-state index in [1.807, 2.05) is 13.8 Å². The molecular weight excluding hydrogens is 176 g/mol. The van der Waals surface area contributed by atoms with Crippen molar-refractivity contribution in [2.45, 2.75) is 20.8 Å². The second-order valence-electron chi connectivity index (χ2n) is 2.41. The molecule has 2 heteroatoms. The molecule has 0 aliphatic carbocycles. The third-order valence-electron chi connectivity index (χ3n) is 1.53. The van der Waals surface area contributed by atoms with Crippen LogP contribution in [0.4, 0.5) is 0 Å². The van der Waals surface area contributed by atoms with Crippen molar-refractivity contribution in [3.63, 3.8) is 0 Å². The molecule has 0 atom stereocenters. The van der Waals surface area contributed by atoms with Crippen LogP contribution in [0.5, 0.6) is 0 Å². The van der Waals surface area contributed by atoms with Gasteiger partial charge in [-0.15, -0.1) is 0 Å². The number of hydrogen-bond acceptors (Lipinski definition) is 2. The first-order valence-electron chi connectivity index (χ1n) is 4.58. The summed E-state index contributed by atoms with van der Waals surface area (Å²) in [6.45, 7) is 12.8. The van der Waals surface area contributed by atoms with Crippen LogP contribution in [0.3, 0.4) is 0 Å². The normalized spacial score (nSPS) is 8.50. The molecule has 0 fully saturated rings. The highest BCUT2D eigenvalue weighted by Gasteiger charge is 2.03. The second-order valence-corrected chi connectivity index (χ2v) is 2.41. The van der Waals surface area contributed by atoms with Gasteiger partial charge in [-0.2, -0.15) is 0 Å². The molecule has 76 valence electrons. The van der Waals surface area contributed by atoms with Gasteiger partial charge in [0.1, 0.15) is 11.5 Å². The maximum Gasteiger partial charge on any atom is 0.192 e. The van der Waals surface area contributed by atoms with Crippen LogP contribution in [0.15, 0.2) is 28.4 Å². The van der Waals surface area contributed by atoms with Crippen LogP contribution in [-0.4, -0.2) is 0 Å². The van der Waals surface area contributed by atoms with Crippen molar-refractivity contribution in [1.29, 1.82) is 0 Å². The van der Waals surface area contributed by atoms with Crippen LogP contribution in [0.25, 0.3) is 12.2 Å². The van der Waals surface area contributed by atoms with Crippen LogP contribution >= 0.6 is 0 Å². The lowest BCUT2D eigenvalue weighted by molar-refractivity contribution is 0.504. The van der Waals surface area contributed by atoms with Gasteiger partial charge in [0.2, 0.25) is 0 Å². The summed E-state index contributed by atoms with van der Waals surface area (Å²) in [4.78, 5) is 11.3. The van der Waals surface area contributed by atoms with E-state index in [0.717, 1.165) is 0 Å². The summed E-state index contributed by atoms with van der Waals surface area (Å²) in [6, 6.07) is 1.43. The zero-order chi connectivity index (χ0) is 11.1. The first kappa shape index (κ1) is 12.4. The molecule has 0 N–H and O–H groups in total. The summed E-state index contributed by atoms with van der Waals surface area (Å²) < 4.78 is 5.24. The zero-order valence-corrected chi connectivity index (χ0v) is 8.96. The summed E-state index contributed by atoms with van der Waals surface area (Å²) in [5, 5.41) is 0. The number of aryl methyl sites for hydroxylation is 1. The Morgan fingerprint density at radius 1 is 1.29 bits per heavy atom. The molecule has 0 amide bonds. The van der Waals surface area contributed by atoms with Gasteiger partial charge in [0, 0.05) is 6.07 Å². The summed E-state index contributed by atoms with van der Waals surface area (Å²) >= 11 is 0. The van der Waals surface area contributed by atoms with Crippen LogP contribution in [0.2, 0.25) is 0 Å². The summed E-state index contributed by atoms with van der Waals surface area (Å²) in [5.74, 6) is 1.07. The van der Waals surface area contributed by atoms with E-state index >= 15 is 0 Å². The van der Waals surface area contributed by atoms with Gasteiger partial charge in [-0.25, -0.2) is 0 Å². The molecule has 0 aliphatic heterocycles. The standard InChI is InChI=1S/C10H10O2.C2H6/c1-4-8-9(11)6-7(3)12-10(8)5-2;1-2/h4-6H,1-2H2,3H3;1-2H3. The molecule has 0 saturated carbocycles. The smallest absolute Gasteiger partial charge is 0.192 e. The largest absolute Gasteiger partial charge is 0.461 e. The van der Waals surface area contributed by atoms with Crippen molar-refractivity contribution < 1.29 is 4.42 Å². The Bertz CT molecular complexity index is 372. The van der Waals surface area contributed by atoms with Crippen molar-refractivity contribution in [2.24, 2.45) is 0 Å². The van der Waals surface area contributed by atoms with Crippen molar-refractivity contribution >= 4 is 12.2 Å². The fourth-order valence-electron chi connectivity index (χ4n) is 0.994. The van der Waals surface area contributed by atoms with E-state index in [1.165, 1.54) is 18.2 Å². The minimum Gasteiger partial charge on any atom is -0.461 e. The molecule has 0 aliphatic rings. The molecule has 0 radical (unpaired) electrons. The van der Waals surface area contributed by atoms with E-state index < -0.39 is 0 Å². The van der Waals surface area contributed by atoms with E-state index in [4.69, 9.17) is 4.42 Å². The fraction of sp³-hybridized carbons (Fsp3) is 0.250. The lowest BCUT2D eigenvalue weighted by Crippen LogP contribution is -2.05. The van der Waals surface area contributed by atoms with Gasteiger partial charge in [-0.1, -0.05) is 33.1 Å². The topological polar surface area (TPSA) is 30.2 Å². The van der Waals surface area contributed by atoms with E-state index in [0.29, 0.717) is 17.1 Å². The number of hydrogen-bond donors (Lipinski definition) is 0. The summed E-state index contributed by atoms with van der Waals surface area (Å²) in [7, 11) is 0. The summed E-state index contributed by atoms with van der Waals surface area (Å²) in [6.07, 6.45) is 2.98. The lowest BCUT2D eigenvalue weighted by Gasteiger charge is -1.99. The predicted molar refractivity (Wildman–Crippen MR) is 61.2 cm³/mol. The molecule has 1 aromatic rings. The fourth-order valence-corrected chi connectivity index (χ4v) is 0.994. The Morgan fingerprint density at radius 2 is 1.86 bits per heavy atom. The quantitative estimate of drug-likeness (QED) is 0.720. The first-order valence-corrected chi connectivity index (χ1v) is 4.58. The Labute approximate surface area is 84.6 Å². The van der Waals surface area contributed by atoms with Gasteiger partial charge in [0.05, 0.1) is 5.56 Å². The molecular formula is C12H16O2. The molecule has 0 bridgehead atoms. The maximum atomic E-state index is 11.3. The Kier molecular flexibility index (Phi) is 5.30. The van der Waals surface area contributed by atoms with E-state index in [1.54, 1.807) is 6.92 Å². The molecule has 0 saturated heterocycles. The lowest BCUT2D eigenvalue weighted by atomic mass is 10.2. The molecule has 1 aromatic heterocycles. The molecule has 2 nitrogen and oxygen atoms in total. The molecule has 0 spiro atoms. The monoisotopic (exact) mass is 192 g/mol. The van der Waals surface area contributed by atoms with Crippen LogP contribution in [-0.2, 0) is 0 Å². The summed E-state index contributed by atoms with van der Waals surface area (Å²) in [5.41, 5.74) is 0.388.